The monoisotopic (exact) mass is 281 g/mol. The van der Waals surface area contributed by atoms with Crippen LogP contribution in [0.3, 0.4) is 0 Å². The van der Waals surface area contributed by atoms with Crippen LogP contribution in [0.1, 0.15) is 33.3 Å². The van der Waals surface area contributed by atoms with Crippen molar-refractivity contribution < 1.29 is 4.79 Å². The van der Waals surface area contributed by atoms with Crippen LogP contribution < -0.4 is 11.1 Å². The number of thiophene rings is 1. The van der Waals surface area contributed by atoms with Crippen molar-refractivity contribution in [2.24, 2.45) is 5.73 Å². The zero-order valence-electron chi connectivity index (χ0n) is 10.1. The minimum atomic E-state index is -0.129. The van der Waals surface area contributed by atoms with Gasteiger partial charge in [-0.25, -0.2) is 4.98 Å². The number of thiazole rings is 1. The fourth-order valence-electron chi connectivity index (χ4n) is 1.53. The lowest BCUT2D eigenvalue weighted by molar-refractivity contribution is 0.0936. The van der Waals surface area contributed by atoms with Crippen LogP contribution in [0.25, 0.3) is 0 Å². The molecule has 2 aromatic heterocycles. The molecule has 0 unspecified atom stereocenters. The van der Waals surface area contributed by atoms with E-state index in [9.17, 15) is 4.79 Å². The maximum atomic E-state index is 12.0. The highest BCUT2D eigenvalue weighted by Gasteiger charge is 2.14. The van der Waals surface area contributed by atoms with E-state index >= 15 is 0 Å². The van der Waals surface area contributed by atoms with Crippen molar-refractivity contribution in [3.8, 4) is 0 Å². The summed E-state index contributed by atoms with van der Waals surface area (Å²) in [5, 5.41) is 7.63. The Morgan fingerprint density at radius 3 is 3.06 bits per heavy atom. The predicted octanol–water partition coefficient (Wildman–Crippen LogP) is 2.20. The fraction of sp³-hybridized carbons (Fsp3) is 0.333. The van der Waals surface area contributed by atoms with Crippen LogP contribution in [0.15, 0.2) is 22.9 Å². The summed E-state index contributed by atoms with van der Waals surface area (Å²) in [5.41, 5.74) is 5.94. The van der Waals surface area contributed by atoms with Gasteiger partial charge in [0.15, 0.2) is 0 Å². The summed E-state index contributed by atoms with van der Waals surface area (Å²) in [7, 11) is 0. The lowest BCUT2D eigenvalue weighted by Gasteiger charge is -2.10. The Morgan fingerprint density at radius 2 is 2.39 bits per heavy atom. The second-order valence-electron chi connectivity index (χ2n) is 3.88. The molecule has 0 bridgehead atoms. The quantitative estimate of drug-likeness (QED) is 0.883. The molecule has 0 saturated carbocycles. The molecule has 0 aliphatic rings. The fourth-order valence-corrected chi connectivity index (χ4v) is 3.06. The van der Waals surface area contributed by atoms with Crippen molar-refractivity contribution in [2.45, 2.75) is 19.4 Å². The topological polar surface area (TPSA) is 68.0 Å². The van der Waals surface area contributed by atoms with Crippen LogP contribution in [-0.2, 0) is 6.42 Å². The van der Waals surface area contributed by atoms with E-state index in [4.69, 9.17) is 5.73 Å². The Labute approximate surface area is 114 Å². The summed E-state index contributed by atoms with van der Waals surface area (Å²) in [6.07, 6.45) is 0.721. The summed E-state index contributed by atoms with van der Waals surface area (Å²) in [4.78, 5) is 17.4. The molecule has 0 spiro atoms. The molecular weight excluding hydrogens is 266 g/mol. The van der Waals surface area contributed by atoms with Crippen LogP contribution in [-0.4, -0.2) is 17.4 Å². The Morgan fingerprint density at radius 1 is 1.56 bits per heavy atom. The molecule has 96 valence electrons. The van der Waals surface area contributed by atoms with E-state index in [2.05, 4.69) is 10.3 Å². The second-order valence-corrected chi connectivity index (χ2v) is 5.80. The molecule has 3 N–H and O–H groups in total. The maximum absolute atomic E-state index is 12.0. The molecule has 4 nitrogen and oxygen atoms in total. The largest absolute Gasteiger partial charge is 0.343 e. The number of hydrogen-bond acceptors (Lipinski definition) is 5. The molecule has 6 heteroatoms. The maximum Gasteiger partial charge on any atom is 0.271 e. The third-order valence-corrected chi connectivity index (χ3v) is 4.42. The number of amides is 1. The molecule has 18 heavy (non-hydrogen) atoms. The third-order valence-electron chi connectivity index (χ3n) is 2.46. The normalized spacial score (nSPS) is 12.3. The molecule has 0 aliphatic heterocycles. The number of rotatable bonds is 5. The van der Waals surface area contributed by atoms with Gasteiger partial charge >= 0.3 is 0 Å². The minimum Gasteiger partial charge on any atom is -0.343 e. The lowest BCUT2D eigenvalue weighted by Crippen LogP contribution is -2.26. The highest BCUT2D eigenvalue weighted by Crippen LogP contribution is 2.19. The van der Waals surface area contributed by atoms with Gasteiger partial charge in [0.25, 0.3) is 5.91 Å². The first kappa shape index (κ1) is 13.2. The average Bonchev–Trinajstić information content (AvgIpc) is 3.00. The van der Waals surface area contributed by atoms with Gasteiger partial charge in [0.05, 0.1) is 11.0 Å². The third kappa shape index (κ3) is 3.16. The van der Waals surface area contributed by atoms with Gasteiger partial charge in [0, 0.05) is 16.7 Å². The van der Waals surface area contributed by atoms with Gasteiger partial charge < -0.3 is 11.1 Å². The highest BCUT2D eigenvalue weighted by molar-refractivity contribution is 7.10. The van der Waals surface area contributed by atoms with E-state index in [-0.39, 0.29) is 11.9 Å². The second kappa shape index (κ2) is 6.08. The number of hydrogen-bond donors (Lipinski definition) is 2. The van der Waals surface area contributed by atoms with Crippen molar-refractivity contribution in [1.29, 1.82) is 0 Å². The van der Waals surface area contributed by atoms with Crippen molar-refractivity contribution in [2.75, 3.05) is 6.54 Å². The summed E-state index contributed by atoms with van der Waals surface area (Å²) >= 11 is 3.11. The Hall–Kier alpha value is -1.24. The summed E-state index contributed by atoms with van der Waals surface area (Å²) in [5.74, 6) is -0.129. The molecule has 0 aliphatic carbocycles. The number of nitrogens with two attached hydrogens (primary N) is 1. The van der Waals surface area contributed by atoms with Gasteiger partial charge in [-0.05, 0) is 24.9 Å². The van der Waals surface area contributed by atoms with Crippen LogP contribution in [0.4, 0.5) is 0 Å². The number of nitrogens with zero attached hydrogens (tertiary/aromatic N) is 1. The zero-order chi connectivity index (χ0) is 13.0. The SMILES string of the molecule is C[C@H](NC(=O)c1csc(CCN)n1)c1cccs1. The summed E-state index contributed by atoms with van der Waals surface area (Å²) < 4.78 is 0. The number of aromatic nitrogens is 1. The summed E-state index contributed by atoms with van der Waals surface area (Å²) in [6.45, 7) is 2.52. The van der Waals surface area contributed by atoms with Crippen LogP contribution in [0.2, 0.25) is 0 Å². The van der Waals surface area contributed by atoms with E-state index in [0.717, 1.165) is 16.3 Å². The van der Waals surface area contributed by atoms with Gasteiger partial charge in [-0.15, -0.1) is 22.7 Å². The highest BCUT2D eigenvalue weighted by atomic mass is 32.1. The van der Waals surface area contributed by atoms with E-state index < -0.39 is 0 Å². The first-order chi connectivity index (χ1) is 8.70. The Bertz CT molecular complexity index is 507. The van der Waals surface area contributed by atoms with Crippen molar-refractivity contribution >= 4 is 28.6 Å². The van der Waals surface area contributed by atoms with Crippen LogP contribution in [0.5, 0.6) is 0 Å². The van der Waals surface area contributed by atoms with Crippen molar-refractivity contribution in [3.63, 3.8) is 0 Å². The van der Waals surface area contributed by atoms with Crippen molar-refractivity contribution in [3.05, 3.63) is 38.5 Å². The molecule has 0 aromatic carbocycles. The molecule has 0 fully saturated rings. The van der Waals surface area contributed by atoms with Crippen LogP contribution >= 0.6 is 22.7 Å². The number of carbonyl (C=O) groups excluding carboxylic acids is 1. The van der Waals surface area contributed by atoms with Crippen molar-refractivity contribution in [1.82, 2.24) is 10.3 Å². The molecule has 2 heterocycles. The Kier molecular flexibility index (Phi) is 4.46. The molecule has 2 aromatic rings. The molecule has 0 saturated heterocycles. The van der Waals surface area contributed by atoms with Crippen LogP contribution in [0, 0.1) is 0 Å². The predicted molar refractivity (Wildman–Crippen MR) is 75.1 cm³/mol. The Balaban J connectivity index is 1.98. The van der Waals surface area contributed by atoms with Gasteiger partial charge in [-0.2, -0.15) is 0 Å². The lowest BCUT2D eigenvalue weighted by atomic mass is 10.2. The molecular formula is C12H15N3OS2. The van der Waals surface area contributed by atoms with Gasteiger partial charge in [0.2, 0.25) is 0 Å². The van der Waals surface area contributed by atoms with E-state index in [1.54, 1.807) is 16.7 Å². The van der Waals surface area contributed by atoms with Gasteiger partial charge in [0.1, 0.15) is 5.69 Å². The van der Waals surface area contributed by atoms with Gasteiger partial charge in [-0.1, -0.05) is 6.07 Å². The minimum absolute atomic E-state index is 0.0113. The molecule has 1 atom stereocenters. The van der Waals surface area contributed by atoms with Gasteiger partial charge in [-0.3, -0.25) is 4.79 Å². The number of nitrogens with one attached hydrogen (secondary N) is 1. The first-order valence-corrected chi connectivity index (χ1v) is 7.45. The molecule has 2 rings (SSSR count). The van der Waals surface area contributed by atoms with E-state index in [1.165, 1.54) is 11.3 Å². The zero-order valence-corrected chi connectivity index (χ0v) is 11.7. The smallest absolute Gasteiger partial charge is 0.271 e. The molecule has 0 radical (unpaired) electrons. The summed E-state index contributed by atoms with van der Waals surface area (Å²) in [6, 6.07) is 4.00. The average molecular weight is 281 g/mol. The van der Waals surface area contributed by atoms with E-state index in [1.807, 2.05) is 24.4 Å². The van der Waals surface area contributed by atoms with E-state index in [0.29, 0.717) is 12.2 Å². The standard InChI is InChI=1S/C12H15N3OS2/c1-8(10-3-2-6-17-10)14-12(16)9-7-18-11(15-9)4-5-13/h2-3,6-8H,4-5,13H2,1H3,(H,14,16)/t8-/m0/s1. The first-order valence-electron chi connectivity index (χ1n) is 5.69. The number of carbonyl (C=O) groups is 1. The molecule has 1 amide bonds.